The van der Waals surface area contributed by atoms with Crippen molar-refractivity contribution < 1.29 is 23.8 Å². The van der Waals surface area contributed by atoms with Crippen LogP contribution in [0.1, 0.15) is 18.1 Å². The lowest BCUT2D eigenvalue weighted by atomic mass is 10.2. The van der Waals surface area contributed by atoms with Crippen LogP contribution in [0.5, 0.6) is 17.2 Å². The second-order valence-corrected chi connectivity index (χ2v) is 7.31. The number of amides is 2. The molecular weight excluding hydrogens is 458 g/mol. The smallest absolute Gasteiger partial charge is 0.329 e. The minimum absolute atomic E-state index is 0.281. The summed E-state index contributed by atoms with van der Waals surface area (Å²) in [4.78, 5) is 24.1. The number of hydrogen-bond acceptors (Lipinski definition) is 6. The second-order valence-electron chi connectivity index (χ2n) is 6.90. The summed E-state index contributed by atoms with van der Waals surface area (Å²) in [5, 5.41) is 6.94. The molecule has 0 aromatic heterocycles. The molecule has 0 radical (unpaired) electrons. The first kappa shape index (κ1) is 24.6. The molecule has 0 aliphatic carbocycles. The Kier molecular flexibility index (Phi) is 8.88. The van der Waals surface area contributed by atoms with Gasteiger partial charge in [-0.15, -0.1) is 0 Å². The normalized spacial score (nSPS) is 10.6. The third-order valence-electron chi connectivity index (χ3n) is 4.54. The largest absolute Gasteiger partial charge is 0.494 e. The van der Waals surface area contributed by atoms with E-state index in [-0.39, 0.29) is 6.61 Å². The number of rotatable bonds is 9. The topological polar surface area (TPSA) is 98.2 Å². The van der Waals surface area contributed by atoms with E-state index in [4.69, 9.17) is 25.8 Å². The van der Waals surface area contributed by atoms with E-state index in [9.17, 15) is 9.59 Å². The van der Waals surface area contributed by atoms with Crippen LogP contribution in [-0.2, 0) is 16.2 Å². The molecule has 0 atom stereocenters. The predicted octanol–water partition coefficient (Wildman–Crippen LogP) is 4.42. The fourth-order valence-electron chi connectivity index (χ4n) is 2.86. The average molecular weight is 482 g/mol. The summed E-state index contributed by atoms with van der Waals surface area (Å²) >= 11 is 6.16. The first-order chi connectivity index (χ1) is 16.5. The van der Waals surface area contributed by atoms with Gasteiger partial charge in [0.25, 0.3) is 0 Å². The first-order valence-electron chi connectivity index (χ1n) is 10.4. The number of carbonyl (C=O) groups excluding carboxylic acids is 2. The van der Waals surface area contributed by atoms with Crippen molar-refractivity contribution in [2.75, 3.05) is 19.0 Å². The van der Waals surface area contributed by atoms with Crippen LogP contribution in [0.15, 0.2) is 71.8 Å². The van der Waals surface area contributed by atoms with Crippen molar-refractivity contribution in [2.24, 2.45) is 5.10 Å². The number of nitrogens with zero attached hydrogens (tertiary/aromatic N) is 1. The highest BCUT2D eigenvalue weighted by atomic mass is 35.5. The number of halogens is 1. The lowest BCUT2D eigenvalue weighted by molar-refractivity contribution is -0.136. The molecule has 3 rings (SSSR count). The van der Waals surface area contributed by atoms with Gasteiger partial charge in [-0.05, 0) is 61.0 Å². The molecule has 3 aromatic carbocycles. The molecule has 0 aliphatic heterocycles. The SMILES string of the molecule is CCOc1ccc(NC(=O)C(=O)N/N=C/c2ccc(OCc3ccccc3Cl)c(OC)c2)cc1. The summed E-state index contributed by atoms with van der Waals surface area (Å²) < 4.78 is 16.5. The Labute approximate surface area is 202 Å². The first-order valence-corrected chi connectivity index (χ1v) is 10.8. The van der Waals surface area contributed by atoms with Crippen molar-refractivity contribution in [1.82, 2.24) is 5.43 Å². The monoisotopic (exact) mass is 481 g/mol. The standard InChI is InChI=1S/C25H24ClN3O5/c1-3-33-20-11-9-19(10-12-20)28-24(30)25(31)29-27-15-17-8-13-22(23(14-17)32-2)34-16-18-6-4-5-7-21(18)26/h4-15H,3,16H2,1-2H3,(H,28,30)(H,29,31)/b27-15+. The van der Waals surface area contributed by atoms with E-state index < -0.39 is 11.8 Å². The molecule has 0 saturated heterocycles. The van der Waals surface area contributed by atoms with Gasteiger partial charge in [0.2, 0.25) is 0 Å². The van der Waals surface area contributed by atoms with Crippen LogP contribution in [0.2, 0.25) is 5.02 Å². The number of hydrazone groups is 1. The van der Waals surface area contributed by atoms with Crippen molar-refractivity contribution in [1.29, 1.82) is 0 Å². The van der Waals surface area contributed by atoms with Crippen LogP contribution in [0.4, 0.5) is 5.69 Å². The molecule has 2 amide bonds. The molecule has 2 N–H and O–H groups in total. The second kappa shape index (κ2) is 12.3. The molecule has 0 heterocycles. The van der Waals surface area contributed by atoms with Crippen LogP contribution in [0.25, 0.3) is 0 Å². The zero-order chi connectivity index (χ0) is 24.3. The summed E-state index contributed by atoms with van der Waals surface area (Å²) in [5.74, 6) is -0.0711. The number of nitrogens with one attached hydrogen (secondary N) is 2. The number of ether oxygens (including phenoxy) is 3. The van der Waals surface area contributed by atoms with Gasteiger partial charge < -0.3 is 19.5 Å². The van der Waals surface area contributed by atoms with Gasteiger partial charge in [0.15, 0.2) is 11.5 Å². The zero-order valence-corrected chi connectivity index (χ0v) is 19.5. The van der Waals surface area contributed by atoms with E-state index in [1.165, 1.54) is 13.3 Å². The van der Waals surface area contributed by atoms with Gasteiger partial charge in [0, 0.05) is 16.3 Å². The minimum Gasteiger partial charge on any atom is -0.494 e. The van der Waals surface area contributed by atoms with Crippen molar-refractivity contribution in [3.63, 3.8) is 0 Å². The summed E-state index contributed by atoms with van der Waals surface area (Å²) in [6.07, 6.45) is 1.39. The van der Waals surface area contributed by atoms with Crippen molar-refractivity contribution in [2.45, 2.75) is 13.5 Å². The number of anilines is 1. The number of hydrogen-bond donors (Lipinski definition) is 2. The Hall–Kier alpha value is -4.04. The van der Waals surface area contributed by atoms with E-state index >= 15 is 0 Å². The lowest BCUT2D eigenvalue weighted by Gasteiger charge is -2.12. The molecule has 34 heavy (non-hydrogen) atoms. The van der Waals surface area contributed by atoms with Crippen LogP contribution < -0.4 is 25.0 Å². The summed E-state index contributed by atoms with van der Waals surface area (Å²) in [6.45, 7) is 2.69. The summed E-state index contributed by atoms with van der Waals surface area (Å²) in [5.41, 5.74) is 4.14. The molecule has 0 bridgehead atoms. The van der Waals surface area contributed by atoms with Crippen LogP contribution in [0.3, 0.4) is 0 Å². The molecule has 3 aromatic rings. The highest BCUT2D eigenvalue weighted by Crippen LogP contribution is 2.29. The fourth-order valence-corrected chi connectivity index (χ4v) is 3.05. The molecule has 176 valence electrons. The van der Waals surface area contributed by atoms with E-state index in [0.717, 1.165) is 5.56 Å². The predicted molar refractivity (Wildman–Crippen MR) is 131 cm³/mol. The molecule has 8 nitrogen and oxygen atoms in total. The third kappa shape index (κ3) is 6.98. The quantitative estimate of drug-likeness (QED) is 0.268. The third-order valence-corrected chi connectivity index (χ3v) is 4.91. The highest BCUT2D eigenvalue weighted by molar-refractivity contribution is 6.39. The molecule has 0 aliphatic rings. The van der Waals surface area contributed by atoms with Crippen molar-refractivity contribution in [3.8, 4) is 17.2 Å². The Bertz CT molecular complexity index is 1170. The van der Waals surface area contributed by atoms with E-state index in [1.807, 2.05) is 25.1 Å². The molecule has 9 heteroatoms. The van der Waals surface area contributed by atoms with Gasteiger partial charge in [0.05, 0.1) is 19.9 Å². The highest BCUT2D eigenvalue weighted by Gasteiger charge is 2.13. The molecule has 0 fully saturated rings. The number of methoxy groups -OCH3 is 1. The van der Waals surface area contributed by atoms with Crippen molar-refractivity contribution >= 4 is 35.3 Å². The zero-order valence-electron chi connectivity index (χ0n) is 18.7. The minimum atomic E-state index is -0.906. The van der Waals surface area contributed by atoms with Gasteiger partial charge in [-0.1, -0.05) is 29.8 Å². The maximum Gasteiger partial charge on any atom is 0.329 e. The summed E-state index contributed by atoms with van der Waals surface area (Å²) in [7, 11) is 1.52. The lowest BCUT2D eigenvalue weighted by Crippen LogP contribution is -2.32. The van der Waals surface area contributed by atoms with E-state index in [2.05, 4.69) is 15.8 Å². The van der Waals surface area contributed by atoms with E-state index in [1.54, 1.807) is 48.5 Å². The molecule has 0 spiro atoms. The van der Waals surface area contributed by atoms with Gasteiger partial charge in [0.1, 0.15) is 12.4 Å². The number of benzene rings is 3. The van der Waals surface area contributed by atoms with Gasteiger partial charge in [-0.2, -0.15) is 5.10 Å². The van der Waals surface area contributed by atoms with Crippen LogP contribution >= 0.6 is 11.6 Å². The number of carbonyl (C=O) groups is 2. The van der Waals surface area contributed by atoms with Crippen LogP contribution in [0, 0.1) is 0 Å². The molecule has 0 saturated carbocycles. The maximum absolute atomic E-state index is 12.0. The molecular formula is C25H24ClN3O5. The Morgan fingerprint density at radius 1 is 0.971 bits per heavy atom. The van der Waals surface area contributed by atoms with Gasteiger partial charge >= 0.3 is 11.8 Å². The van der Waals surface area contributed by atoms with Crippen molar-refractivity contribution in [3.05, 3.63) is 82.9 Å². The van der Waals surface area contributed by atoms with Gasteiger partial charge in [-0.3, -0.25) is 9.59 Å². The average Bonchev–Trinajstić information content (AvgIpc) is 2.85. The van der Waals surface area contributed by atoms with Gasteiger partial charge in [-0.25, -0.2) is 5.43 Å². The Balaban J connectivity index is 1.54. The van der Waals surface area contributed by atoms with E-state index in [0.29, 0.717) is 40.1 Å². The Morgan fingerprint density at radius 2 is 1.74 bits per heavy atom. The molecule has 0 unspecified atom stereocenters. The van der Waals surface area contributed by atoms with Crippen LogP contribution in [-0.4, -0.2) is 31.7 Å². The summed E-state index contributed by atoms with van der Waals surface area (Å²) in [6, 6.07) is 19.2. The maximum atomic E-state index is 12.0. The fraction of sp³-hybridized carbons (Fsp3) is 0.160. The Morgan fingerprint density at radius 3 is 2.44 bits per heavy atom.